The van der Waals surface area contributed by atoms with Gasteiger partial charge >= 0.3 is 6.18 Å². The molecule has 1 aromatic carbocycles. The Bertz CT molecular complexity index is 1120. The molecular weight excluding hydrogens is 421 g/mol. The first kappa shape index (κ1) is 21.8. The second-order valence-corrected chi connectivity index (χ2v) is 7.46. The van der Waals surface area contributed by atoms with Gasteiger partial charge in [-0.05, 0) is 43.7 Å². The van der Waals surface area contributed by atoms with E-state index in [2.05, 4.69) is 21.9 Å². The minimum Gasteiger partial charge on any atom is -0.380 e. The van der Waals surface area contributed by atoms with E-state index in [4.69, 9.17) is 11.6 Å². The van der Waals surface area contributed by atoms with Crippen LogP contribution in [0.3, 0.4) is 0 Å². The molecule has 3 rings (SSSR count). The summed E-state index contributed by atoms with van der Waals surface area (Å²) in [5.41, 5.74) is -0.208. The minimum absolute atomic E-state index is 0.0502. The Labute approximate surface area is 175 Å². The molecule has 1 atom stereocenters. The van der Waals surface area contributed by atoms with Gasteiger partial charge in [-0.3, -0.25) is 14.7 Å². The molecule has 1 amide bonds. The highest BCUT2D eigenvalue weighted by atomic mass is 35.5. The molecule has 3 aromatic rings. The molecule has 0 aliphatic carbocycles. The van der Waals surface area contributed by atoms with Crippen LogP contribution in [0.15, 0.2) is 43.0 Å². The van der Waals surface area contributed by atoms with Gasteiger partial charge in [-0.25, -0.2) is 9.97 Å². The van der Waals surface area contributed by atoms with Crippen molar-refractivity contribution < 1.29 is 23.1 Å². The van der Waals surface area contributed by atoms with Gasteiger partial charge in [0, 0.05) is 0 Å². The first-order valence-electron chi connectivity index (χ1n) is 8.79. The van der Waals surface area contributed by atoms with Crippen LogP contribution in [0, 0.1) is 0 Å². The Balaban J connectivity index is 2.03. The second kappa shape index (κ2) is 7.73. The number of carbonyl (C=O) groups is 1. The van der Waals surface area contributed by atoms with E-state index in [9.17, 15) is 23.1 Å². The molecule has 0 fully saturated rings. The molecule has 10 heteroatoms. The predicted molar refractivity (Wildman–Crippen MR) is 109 cm³/mol. The number of rotatable bonds is 5. The number of amides is 1. The summed E-state index contributed by atoms with van der Waals surface area (Å²) < 4.78 is 40.2. The summed E-state index contributed by atoms with van der Waals surface area (Å²) in [6.45, 7) is 6.25. The number of halogens is 4. The van der Waals surface area contributed by atoms with E-state index >= 15 is 0 Å². The third kappa shape index (κ3) is 4.31. The van der Waals surface area contributed by atoms with Gasteiger partial charge in [-0.15, -0.1) is 0 Å². The SMILES string of the molecule is C=C(C)c1ccc(-n2c(NC(=O)CC(C)(O)C(F)(F)F)nc3ccc(Cl)nc32)cc1. The maximum Gasteiger partial charge on any atom is 0.417 e. The van der Waals surface area contributed by atoms with Gasteiger partial charge in [0.05, 0.1) is 12.1 Å². The number of nitrogens with one attached hydrogen (secondary N) is 1. The van der Waals surface area contributed by atoms with E-state index in [0.717, 1.165) is 11.1 Å². The number of carbonyl (C=O) groups excluding carboxylic acids is 1. The molecular formula is C20H18ClF3N4O2. The van der Waals surface area contributed by atoms with Crippen molar-refractivity contribution >= 4 is 40.2 Å². The van der Waals surface area contributed by atoms with Crippen molar-refractivity contribution in [2.45, 2.75) is 32.0 Å². The first-order valence-corrected chi connectivity index (χ1v) is 9.17. The van der Waals surface area contributed by atoms with Crippen LogP contribution in [0.5, 0.6) is 0 Å². The third-order valence-corrected chi connectivity index (χ3v) is 4.67. The van der Waals surface area contributed by atoms with Crippen molar-refractivity contribution in [3.63, 3.8) is 0 Å². The van der Waals surface area contributed by atoms with Crippen molar-refractivity contribution in [1.29, 1.82) is 0 Å². The Morgan fingerprint density at radius 2 is 1.83 bits per heavy atom. The summed E-state index contributed by atoms with van der Waals surface area (Å²) in [5, 5.41) is 12.1. The molecule has 2 heterocycles. The molecule has 158 valence electrons. The normalized spacial score (nSPS) is 13.8. The summed E-state index contributed by atoms with van der Waals surface area (Å²) in [5.74, 6) is -1.11. The number of hydrogen-bond acceptors (Lipinski definition) is 4. The minimum atomic E-state index is -4.96. The van der Waals surface area contributed by atoms with Crippen molar-refractivity contribution in [2.75, 3.05) is 5.32 Å². The van der Waals surface area contributed by atoms with Crippen LogP contribution in [-0.4, -0.2) is 37.3 Å². The second-order valence-electron chi connectivity index (χ2n) is 7.07. The predicted octanol–water partition coefficient (Wildman–Crippen LogP) is 4.75. The maximum atomic E-state index is 12.9. The maximum absolute atomic E-state index is 12.9. The van der Waals surface area contributed by atoms with Gasteiger partial charge in [-0.2, -0.15) is 13.2 Å². The van der Waals surface area contributed by atoms with Crippen molar-refractivity contribution in [1.82, 2.24) is 14.5 Å². The zero-order chi connectivity index (χ0) is 22.3. The number of pyridine rings is 1. The standard InChI is InChI=1S/C20H18ClF3N4O2/c1-11(2)12-4-6-13(7-5-12)28-17-14(8-9-15(21)26-17)25-18(28)27-16(29)10-19(3,30)20(22,23)24/h4-9,30H,1,10H2,2-3H3,(H,25,27,29). The Morgan fingerprint density at radius 1 is 1.20 bits per heavy atom. The summed E-state index contributed by atoms with van der Waals surface area (Å²) in [6, 6.07) is 10.1. The van der Waals surface area contributed by atoms with E-state index in [-0.39, 0.29) is 11.1 Å². The average molecular weight is 439 g/mol. The number of fused-ring (bicyclic) bond motifs is 1. The lowest BCUT2D eigenvalue weighted by molar-refractivity contribution is -0.252. The van der Waals surface area contributed by atoms with Crippen molar-refractivity contribution in [2.24, 2.45) is 0 Å². The van der Waals surface area contributed by atoms with Gasteiger partial charge in [0.2, 0.25) is 11.9 Å². The molecule has 0 aliphatic heterocycles. The van der Waals surface area contributed by atoms with Crippen LogP contribution in [0.2, 0.25) is 5.15 Å². The summed E-state index contributed by atoms with van der Waals surface area (Å²) in [7, 11) is 0. The number of aliphatic hydroxyl groups is 1. The quantitative estimate of drug-likeness (QED) is 0.563. The zero-order valence-electron chi connectivity index (χ0n) is 16.1. The lowest BCUT2D eigenvalue weighted by atomic mass is 10.0. The molecule has 0 saturated heterocycles. The highest BCUT2D eigenvalue weighted by Gasteiger charge is 2.51. The van der Waals surface area contributed by atoms with Gasteiger partial charge in [0.15, 0.2) is 11.2 Å². The molecule has 0 aliphatic rings. The fourth-order valence-electron chi connectivity index (χ4n) is 2.74. The highest BCUT2D eigenvalue weighted by Crippen LogP contribution is 2.33. The topological polar surface area (TPSA) is 80.0 Å². The number of anilines is 1. The molecule has 0 radical (unpaired) electrons. The summed E-state index contributed by atoms with van der Waals surface area (Å²) in [4.78, 5) is 20.7. The van der Waals surface area contributed by atoms with Crippen molar-refractivity contribution in [3.05, 3.63) is 53.7 Å². The molecule has 0 spiro atoms. The van der Waals surface area contributed by atoms with Gasteiger partial charge in [0.25, 0.3) is 0 Å². The van der Waals surface area contributed by atoms with Crippen LogP contribution >= 0.6 is 11.6 Å². The number of aromatic nitrogens is 3. The number of hydrogen-bond donors (Lipinski definition) is 2. The molecule has 2 N–H and O–H groups in total. The number of benzene rings is 1. The average Bonchev–Trinajstić information content (AvgIpc) is 2.97. The number of nitrogens with zero attached hydrogens (tertiary/aromatic N) is 3. The third-order valence-electron chi connectivity index (χ3n) is 4.46. The molecule has 6 nitrogen and oxygen atoms in total. The highest BCUT2D eigenvalue weighted by molar-refractivity contribution is 6.29. The smallest absolute Gasteiger partial charge is 0.380 e. The molecule has 2 aromatic heterocycles. The number of imidazole rings is 1. The Hall–Kier alpha value is -2.91. The zero-order valence-corrected chi connectivity index (χ0v) is 16.8. The summed E-state index contributed by atoms with van der Waals surface area (Å²) in [6.07, 6.45) is -6.15. The summed E-state index contributed by atoms with van der Waals surface area (Å²) >= 11 is 5.99. The van der Waals surface area contributed by atoms with E-state index in [0.29, 0.717) is 23.8 Å². The molecule has 0 saturated carbocycles. The van der Waals surface area contributed by atoms with Gasteiger partial charge < -0.3 is 5.11 Å². The van der Waals surface area contributed by atoms with Crippen LogP contribution in [0.4, 0.5) is 19.1 Å². The Kier molecular flexibility index (Phi) is 5.62. The monoisotopic (exact) mass is 438 g/mol. The van der Waals surface area contributed by atoms with Crippen LogP contribution < -0.4 is 5.32 Å². The number of alkyl halides is 3. The molecule has 30 heavy (non-hydrogen) atoms. The number of allylic oxidation sites excluding steroid dienone is 1. The van der Waals surface area contributed by atoms with Gasteiger partial charge in [0.1, 0.15) is 10.7 Å². The van der Waals surface area contributed by atoms with E-state index in [1.807, 2.05) is 6.92 Å². The van der Waals surface area contributed by atoms with Crippen LogP contribution in [0.25, 0.3) is 22.4 Å². The largest absolute Gasteiger partial charge is 0.417 e. The van der Waals surface area contributed by atoms with Crippen LogP contribution in [-0.2, 0) is 4.79 Å². The fourth-order valence-corrected chi connectivity index (χ4v) is 2.88. The van der Waals surface area contributed by atoms with Crippen LogP contribution in [0.1, 0.15) is 25.8 Å². The first-order chi connectivity index (χ1) is 13.9. The van der Waals surface area contributed by atoms with E-state index in [1.165, 1.54) is 10.6 Å². The Morgan fingerprint density at radius 3 is 2.40 bits per heavy atom. The lowest BCUT2D eigenvalue weighted by Crippen LogP contribution is -2.45. The molecule has 0 bridgehead atoms. The van der Waals surface area contributed by atoms with E-state index < -0.39 is 24.1 Å². The lowest BCUT2D eigenvalue weighted by Gasteiger charge is -2.25. The fraction of sp³-hybridized carbons (Fsp3) is 0.250. The van der Waals surface area contributed by atoms with Crippen molar-refractivity contribution in [3.8, 4) is 5.69 Å². The van der Waals surface area contributed by atoms with E-state index in [1.54, 1.807) is 30.3 Å². The molecule has 1 unspecified atom stereocenters. The van der Waals surface area contributed by atoms with Gasteiger partial charge in [-0.1, -0.05) is 35.9 Å².